The fourth-order valence-electron chi connectivity index (χ4n) is 3.24. The number of nitrogens with zero attached hydrogens (tertiary/aromatic N) is 2. The molecule has 5 nitrogen and oxygen atoms in total. The highest BCUT2D eigenvalue weighted by Gasteiger charge is 2.43. The number of esters is 1. The summed E-state index contributed by atoms with van der Waals surface area (Å²) in [5.41, 5.74) is 1.08. The average molecular weight is 331 g/mol. The van der Waals surface area contributed by atoms with Gasteiger partial charge < -0.3 is 15.0 Å². The number of guanidine groups is 1. The van der Waals surface area contributed by atoms with Crippen LogP contribution in [0.15, 0.2) is 35.3 Å². The molecule has 2 rings (SSSR count). The smallest absolute Gasteiger partial charge is 0.313 e. The van der Waals surface area contributed by atoms with Gasteiger partial charge in [-0.05, 0) is 25.3 Å². The summed E-state index contributed by atoms with van der Waals surface area (Å²) in [5, 5.41) is 3.50. The summed E-state index contributed by atoms with van der Waals surface area (Å²) >= 11 is 0. The Hall–Kier alpha value is -2.04. The SMILES string of the molecule is CCN1C(=NCC(C)C)N[C@@H](c2ccccc2)[C@H](C(=O)OC)[C@H]1C. The van der Waals surface area contributed by atoms with Gasteiger partial charge in [0.1, 0.15) is 5.92 Å². The summed E-state index contributed by atoms with van der Waals surface area (Å²) in [6, 6.07) is 9.93. The van der Waals surface area contributed by atoms with Gasteiger partial charge >= 0.3 is 5.97 Å². The molecule has 0 unspecified atom stereocenters. The van der Waals surface area contributed by atoms with Gasteiger partial charge in [0, 0.05) is 19.1 Å². The molecule has 0 aliphatic carbocycles. The standard InChI is InChI=1S/C19H29N3O2/c1-6-22-14(4)16(18(23)24-5)17(15-10-8-7-9-11-15)21-19(22)20-12-13(2)3/h7-11,13-14,16-17H,6,12H2,1-5H3,(H,20,21)/t14-,16-,17+/m1/s1. The van der Waals surface area contributed by atoms with Crippen LogP contribution in [-0.4, -0.2) is 43.1 Å². The molecule has 1 saturated heterocycles. The summed E-state index contributed by atoms with van der Waals surface area (Å²) in [6.07, 6.45) is 0. The molecular weight excluding hydrogens is 302 g/mol. The quantitative estimate of drug-likeness (QED) is 0.843. The Kier molecular flexibility index (Phi) is 6.23. The Morgan fingerprint density at radius 3 is 2.54 bits per heavy atom. The van der Waals surface area contributed by atoms with E-state index >= 15 is 0 Å². The molecule has 0 bridgehead atoms. The largest absolute Gasteiger partial charge is 0.469 e. The summed E-state index contributed by atoms with van der Waals surface area (Å²) in [4.78, 5) is 19.4. The molecule has 0 amide bonds. The highest BCUT2D eigenvalue weighted by Crippen LogP contribution is 2.32. The lowest BCUT2D eigenvalue weighted by Gasteiger charge is -2.45. The van der Waals surface area contributed by atoms with Gasteiger partial charge in [-0.1, -0.05) is 44.2 Å². The first-order valence-electron chi connectivity index (χ1n) is 8.70. The van der Waals surface area contributed by atoms with Crippen molar-refractivity contribution in [3.05, 3.63) is 35.9 Å². The lowest BCUT2D eigenvalue weighted by atomic mass is 9.85. The van der Waals surface area contributed by atoms with Gasteiger partial charge in [-0.3, -0.25) is 9.79 Å². The van der Waals surface area contributed by atoms with Crippen LogP contribution in [0.5, 0.6) is 0 Å². The van der Waals surface area contributed by atoms with Crippen molar-refractivity contribution in [1.82, 2.24) is 10.2 Å². The maximum atomic E-state index is 12.5. The number of rotatable bonds is 5. The highest BCUT2D eigenvalue weighted by molar-refractivity contribution is 5.85. The Labute approximate surface area is 145 Å². The number of carbonyl (C=O) groups excluding carboxylic acids is 1. The number of methoxy groups -OCH3 is 1. The van der Waals surface area contributed by atoms with Crippen molar-refractivity contribution in [2.45, 2.75) is 39.8 Å². The Bertz CT molecular complexity index is 571. The first kappa shape index (κ1) is 18.3. The monoisotopic (exact) mass is 331 g/mol. The molecule has 0 aromatic heterocycles. The van der Waals surface area contributed by atoms with Crippen LogP contribution < -0.4 is 5.32 Å². The first-order valence-corrected chi connectivity index (χ1v) is 8.70. The molecular formula is C19H29N3O2. The van der Waals surface area contributed by atoms with E-state index in [0.717, 1.165) is 24.6 Å². The van der Waals surface area contributed by atoms with Crippen molar-refractivity contribution >= 4 is 11.9 Å². The van der Waals surface area contributed by atoms with Gasteiger partial charge in [-0.15, -0.1) is 0 Å². The molecule has 3 atom stereocenters. The van der Waals surface area contributed by atoms with Gasteiger partial charge in [0.25, 0.3) is 0 Å². The van der Waals surface area contributed by atoms with E-state index in [1.54, 1.807) is 0 Å². The summed E-state index contributed by atoms with van der Waals surface area (Å²) in [5.74, 6) is 0.884. The second-order valence-electron chi connectivity index (χ2n) is 6.67. The third-order valence-electron chi connectivity index (χ3n) is 4.51. The molecule has 0 spiro atoms. The second-order valence-corrected chi connectivity index (χ2v) is 6.67. The van der Waals surface area contributed by atoms with E-state index in [-0.39, 0.29) is 24.0 Å². The van der Waals surface area contributed by atoms with Crippen LogP contribution in [0, 0.1) is 11.8 Å². The van der Waals surface area contributed by atoms with Gasteiger partial charge in [0.2, 0.25) is 0 Å². The van der Waals surface area contributed by atoms with Crippen LogP contribution in [0.3, 0.4) is 0 Å². The second kappa shape index (κ2) is 8.18. The van der Waals surface area contributed by atoms with Crippen molar-refractivity contribution in [3.63, 3.8) is 0 Å². The zero-order valence-electron chi connectivity index (χ0n) is 15.3. The summed E-state index contributed by atoms with van der Waals surface area (Å²) < 4.78 is 5.09. The molecule has 1 aromatic rings. The zero-order chi connectivity index (χ0) is 17.7. The van der Waals surface area contributed by atoms with Crippen LogP contribution in [0.1, 0.15) is 39.3 Å². The van der Waals surface area contributed by atoms with Crippen LogP contribution in [0.25, 0.3) is 0 Å². The molecule has 1 aliphatic heterocycles. The molecule has 1 aliphatic rings. The van der Waals surface area contributed by atoms with E-state index in [2.05, 4.69) is 37.9 Å². The summed E-state index contributed by atoms with van der Waals surface area (Å²) in [7, 11) is 1.45. The van der Waals surface area contributed by atoms with E-state index in [1.165, 1.54) is 7.11 Å². The minimum atomic E-state index is -0.282. The molecule has 0 saturated carbocycles. The molecule has 1 fully saturated rings. The first-order chi connectivity index (χ1) is 11.5. The predicted octanol–water partition coefficient (Wildman–Crippen LogP) is 2.84. The van der Waals surface area contributed by atoms with Gasteiger partial charge in [-0.25, -0.2) is 0 Å². The average Bonchev–Trinajstić information content (AvgIpc) is 2.59. The van der Waals surface area contributed by atoms with E-state index in [9.17, 15) is 4.79 Å². The number of hydrogen-bond donors (Lipinski definition) is 1. The molecule has 1 N–H and O–H groups in total. The maximum Gasteiger partial charge on any atom is 0.313 e. The topological polar surface area (TPSA) is 53.9 Å². The molecule has 1 aromatic carbocycles. The number of nitrogens with one attached hydrogen (secondary N) is 1. The minimum Gasteiger partial charge on any atom is -0.469 e. The molecule has 1 heterocycles. The molecule has 24 heavy (non-hydrogen) atoms. The number of hydrogen-bond acceptors (Lipinski definition) is 3. The number of aliphatic imine (C=N–C) groups is 1. The Morgan fingerprint density at radius 2 is 2.00 bits per heavy atom. The van der Waals surface area contributed by atoms with Crippen molar-refractivity contribution < 1.29 is 9.53 Å². The fraction of sp³-hybridized carbons (Fsp3) is 0.579. The maximum absolute atomic E-state index is 12.5. The third-order valence-corrected chi connectivity index (χ3v) is 4.51. The van der Waals surface area contributed by atoms with E-state index < -0.39 is 0 Å². The van der Waals surface area contributed by atoms with Crippen molar-refractivity contribution in [2.24, 2.45) is 16.8 Å². The fourth-order valence-corrected chi connectivity index (χ4v) is 3.24. The minimum absolute atomic E-state index is 0.0137. The predicted molar refractivity (Wildman–Crippen MR) is 96.8 cm³/mol. The van der Waals surface area contributed by atoms with Gasteiger partial charge in [-0.2, -0.15) is 0 Å². The van der Waals surface area contributed by atoms with Crippen LogP contribution >= 0.6 is 0 Å². The van der Waals surface area contributed by atoms with E-state index in [4.69, 9.17) is 9.73 Å². The van der Waals surface area contributed by atoms with Crippen LogP contribution in [-0.2, 0) is 9.53 Å². The lowest BCUT2D eigenvalue weighted by Crippen LogP contribution is -2.60. The van der Waals surface area contributed by atoms with Crippen molar-refractivity contribution in [3.8, 4) is 0 Å². The van der Waals surface area contributed by atoms with Crippen LogP contribution in [0.2, 0.25) is 0 Å². The Morgan fingerprint density at radius 1 is 1.33 bits per heavy atom. The van der Waals surface area contributed by atoms with Crippen molar-refractivity contribution in [2.75, 3.05) is 20.2 Å². The van der Waals surface area contributed by atoms with E-state index in [1.807, 2.05) is 30.3 Å². The Balaban J connectivity index is 2.41. The molecule has 5 heteroatoms. The third kappa shape index (κ3) is 3.89. The van der Waals surface area contributed by atoms with Crippen LogP contribution in [0.4, 0.5) is 0 Å². The van der Waals surface area contributed by atoms with Crippen molar-refractivity contribution in [1.29, 1.82) is 0 Å². The van der Waals surface area contributed by atoms with E-state index in [0.29, 0.717) is 5.92 Å². The molecule has 0 radical (unpaired) electrons. The van der Waals surface area contributed by atoms with Gasteiger partial charge in [0.15, 0.2) is 5.96 Å². The lowest BCUT2D eigenvalue weighted by molar-refractivity contribution is -0.149. The number of ether oxygens (including phenoxy) is 1. The number of carbonyl (C=O) groups is 1. The summed E-state index contributed by atoms with van der Waals surface area (Å²) in [6.45, 7) is 10.0. The zero-order valence-corrected chi connectivity index (χ0v) is 15.3. The normalized spacial score (nSPS) is 25.7. The number of benzene rings is 1. The molecule has 132 valence electrons. The van der Waals surface area contributed by atoms with Gasteiger partial charge in [0.05, 0.1) is 13.2 Å². The highest BCUT2D eigenvalue weighted by atomic mass is 16.5.